The van der Waals surface area contributed by atoms with Crippen LogP contribution in [-0.2, 0) is 13.5 Å². The van der Waals surface area contributed by atoms with E-state index < -0.39 is 0 Å². The zero-order valence-corrected chi connectivity index (χ0v) is 15.3. The van der Waals surface area contributed by atoms with Gasteiger partial charge in [-0.3, -0.25) is 9.58 Å². The monoisotopic (exact) mass is 332 g/mol. The first-order valence-electron chi connectivity index (χ1n) is 8.53. The number of thiophene rings is 1. The second-order valence-electron chi connectivity index (χ2n) is 6.87. The molecule has 0 radical (unpaired) electrons. The van der Waals surface area contributed by atoms with Crippen LogP contribution < -0.4 is 0 Å². The van der Waals surface area contributed by atoms with Crippen LogP contribution in [0, 0.1) is 5.92 Å². The Bertz CT molecular complexity index is 592. The summed E-state index contributed by atoms with van der Waals surface area (Å²) < 4.78 is 1.93. The highest BCUT2D eigenvalue weighted by Gasteiger charge is 2.31. The molecule has 0 aliphatic carbocycles. The molecule has 4 nitrogen and oxygen atoms in total. The lowest BCUT2D eigenvalue weighted by molar-refractivity contribution is 0.0947. The number of aromatic nitrogens is 2. The standard InChI is InChI=1S/C18H28N4S/c1-20(10-8-17-7-5-11-23-17)13-15-6-4-9-21(2)18(15)16-12-19-22(3)14-16/h5,7,11-12,14-15,18H,4,6,8-10,13H2,1-3H3/t15-,18+/m0/s1. The third kappa shape index (κ3) is 4.22. The lowest BCUT2D eigenvalue weighted by Gasteiger charge is -2.40. The molecule has 3 heterocycles. The fraction of sp³-hybridized carbons (Fsp3) is 0.611. The molecule has 3 rings (SSSR count). The Morgan fingerprint density at radius 2 is 2.26 bits per heavy atom. The maximum atomic E-state index is 4.39. The van der Waals surface area contributed by atoms with Gasteiger partial charge in [0, 0.05) is 42.8 Å². The molecule has 0 N–H and O–H groups in total. The third-order valence-electron chi connectivity index (χ3n) is 4.94. The summed E-state index contributed by atoms with van der Waals surface area (Å²) in [6.45, 7) is 3.49. The van der Waals surface area contributed by atoms with Crippen LogP contribution in [0.3, 0.4) is 0 Å². The van der Waals surface area contributed by atoms with Crippen LogP contribution in [0.15, 0.2) is 29.9 Å². The van der Waals surface area contributed by atoms with Gasteiger partial charge in [0.05, 0.1) is 6.20 Å². The Kier molecular flexibility index (Phi) is 5.51. The highest BCUT2D eigenvalue weighted by molar-refractivity contribution is 7.09. The van der Waals surface area contributed by atoms with E-state index in [1.165, 1.54) is 29.8 Å². The molecule has 126 valence electrons. The Balaban J connectivity index is 1.61. The van der Waals surface area contributed by atoms with Crippen molar-refractivity contribution in [3.8, 4) is 0 Å². The van der Waals surface area contributed by atoms with Gasteiger partial charge in [0.15, 0.2) is 0 Å². The number of likely N-dealkylation sites (tertiary alicyclic amines) is 1. The molecule has 1 saturated heterocycles. The Morgan fingerprint density at radius 3 is 2.96 bits per heavy atom. The summed E-state index contributed by atoms with van der Waals surface area (Å²) in [5.41, 5.74) is 1.37. The first-order valence-corrected chi connectivity index (χ1v) is 9.41. The summed E-state index contributed by atoms with van der Waals surface area (Å²) >= 11 is 1.87. The number of nitrogens with zero attached hydrogens (tertiary/aromatic N) is 4. The van der Waals surface area contributed by atoms with Crippen molar-refractivity contribution in [3.63, 3.8) is 0 Å². The summed E-state index contributed by atoms with van der Waals surface area (Å²) in [7, 11) is 6.53. The number of rotatable bonds is 6. The van der Waals surface area contributed by atoms with Crippen molar-refractivity contribution in [1.29, 1.82) is 0 Å². The lowest BCUT2D eigenvalue weighted by atomic mass is 9.85. The first-order chi connectivity index (χ1) is 11.1. The Hall–Kier alpha value is -1.17. The second-order valence-corrected chi connectivity index (χ2v) is 7.90. The van der Waals surface area contributed by atoms with E-state index >= 15 is 0 Å². The minimum atomic E-state index is 0.502. The molecule has 5 heteroatoms. The molecule has 23 heavy (non-hydrogen) atoms. The van der Waals surface area contributed by atoms with Crippen LogP contribution in [-0.4, -0.2) is 53.3 Å². The summed E-state index contributed by atoms with van der Waals surface area (Å²) in [5.74, 6) is 0.686. The molecule has 1 aliphatic rings. The second kappa shape index (κ2) is 7.60. The van der Waals surface area contributed by atoms with Crippen molar-refractivity contribution >= 4 is 11.3 Å². The van der Waals surface area contributed by atoms with Crippen molar-refractivity contribution < 1.29 is 0 Å². The minimum absolute atomic E-state index is 0.502. The van der Waals surface area contributed by atoms with Gasteiger partial charge in [-0.15, -0.1) is 11.3 Å². The van der Waals surface area contributed by atoms with Crippen molar-refractivity contribution in [2.75, 3.05) is 33.7 Å². The van der Waals surface area contributed by atoms with Gasteiger partial charge in [-0.05, 0) is 57.3 Å². The van der Waals surface area contributed by atoms with E-state index in [9.17, 15) is 0 Å². The van der Waals surface area contributed by atoms with Crippen LogP contribution in [0.2, 0.25) is 0 Å². The average Bonchev–Trinajstić information content (AvgIpc) is 3.17. The van der Waals surface area contributed by atoms with E-state index in [0.717, 1.165) is 19.5 Å². The molecule has 0 bridgehead atoms. The molecular formula is C18H28N4S. The Labute approximate surface area is 143 Å². The number of aryl methyl sites for hydroxylation is 1. The summed E-state index contributed by atoms with van der Waals surface area (Å²) in [4.78, 5) is 6.51. The van der Waals surface area contributed by atoms with E-state index in [1.807, 2.05) is 29.3 Å². The average molecular weight is 333 g/mol. The molecule has 0 spiro atoms. The predicted molar refractivity (Wildman–Crippen MR) is 96.8 cm³/mol. The van der Waals surface area contributed by atoms with E-state index in [2.05, 4.69) is 52.7 Å². The van der Waals surface area contributed by atoms with E-state index in [0.29, 0.717) is 12.0 Å². The molecule has 0 saturated carbocycles. The predicted octanol–water partition coefficient (Wildman–Crippen LogP) is 3.04. The highest BCUT2D eigenvalue weighted by atomic mass is 32.1. The number of piperidine rings is 1. The van der Waals surface area contributed by atoms with E-state index in [4.69, 9.17) is 0 Å². The molecule has 0 amide bonds. The smallest absolute Gasteiger partial charge is 0.0537 e. The van der Waals surface area contributed by atoms with Crippen LogP contribution in [0.4, 0.5) is 0 Å². The van der Waals surface area contributed by atoms with E-state index in [1.54, 1.807) is 0 Å². The molecule has 1 aliphatic heterocycles. The van der Waals surface area contributed by atoms with Gasteiger partial charge < -0.3 is 4.90 Å². The fourth-order valence-corrected chi connectivity index (χ4v) is 4.52. The molecule has 0 unspecified atom stereocenters. The van der Waals surface area contributed by atoms with Gasteiger partial charge in [0.2, 0.25) is 0 Å². The Morgan fingerprint density at radius 1 is 1.39 bits per heavy atom. The third-order valence-corrected chi connectivity index (χ3v) is 5.88. The lowest BCUT2D eigenvalue weighted by Crippen LogP contribution is -2.41. The van der Waals surface area contributed by atoms with Gasteiger partial charge in [-0.2, -0.15) is 5.10 Å². The fourth-order valence-electron chi connectivity index (χ4n) is 3.82. The van der Waals surface area contributed by atoms with Gasteiger partial charge in [-0.1, -0.05) is 6.07 Å². The van der Waals surface area contributed by atoms with Gasteiger partial charge in [-0.25, -0.2) is 0 Å². The van der Waals surface area contributed by atoms with Gasteiger partial charge >= 0.3 is 0 Å². The van der Waals surface area contributed by atoms with Crippen LogP contribution in [0.25, 0.3) is 0 Å². The van der Waals surface area contributed by atoms with Crippen LogP contribution in [0.5, 0.6) is 0 Å². The number of hydrogen-bond acceptors (Lipinski definition) is 4. The maximum Gasteiger partial charge on any atom is 0.0537 e. The summed E-state index contributed by atoms with van der Waals surface area (Å²) in [6.07, 6.45) is 8.01. The molecule has 2 atom stereocenters. The quantitative estimate of drug-likeness (QED) is 0.813. The van der Waals surface area contributed by atoms with Gasteiger partial charge in [0.25, 0.3) is 0 Å². The van der Waals surface area contributed by atoms with Crippen molar-refractivity contribution in [2.45, 2.75) is 25.3 Å². The largest absolute Gasteiger partial charge is 0.306 e. The van der Waals surface area contributed by atoms with Crippen molar-refractivity contribution in [2.24, 2.45) is 13.0 Å². The van der Waals surface area contributed by atoms with Crippen LogP contribution in [0.1, 0.15) is 29.3 Å². The number of hydrogen-bond donors (Lipinski definition) is 0. The maximum absolute atomic E-state index is 4.39. The zero-order valence-electron chi connectivity index (χ0n) is 14.5. The normalized spacial score (nSPS) is 22.8. The van der Waals surface area contributed by atoms with Gasteiger partial charge in [0.1, 0.15) is 0 Å². The molecule has 2 aromatic rings. The molecule has 2 aromatic heterocycles. The zero-order chi connectivity index (χ0) is 16.2. The molecule has 1 fully saturated rings. The SMILES string of the molecule is CN(CCc1cccs1)C[C@@H]1CCCN(C)[C@H]1c1cnn(C)c1. The number of likely N-dealkylation sites (N-methyl/N-ethyl adjacent to an activating group) is 1. The summed E-state index contributed by atoms with van der Waals surface area (Å²) in [6, 6.07) is 4.89. The highest BCUT2D eigenvalue weighted by Crippen LogP contribution is 2.35. The van der Waals surface area contributed by atoms with Crippen LogP contribution >= 0.6 is 11.3 Å². The summed E-state index contributed by atoms with van der Waals surface area (Å²) in [5, 5.41) is 6.56. The minimum Gasteiger partial charge on any atom is -0.306 e. The van der Waals surface area contributed by atoms with E-state index in [-0.39, 0.29) is 0 Å². The van der Waals surface area contributed by atoms with Crippen molar-refractivity contribution in [1.82, 2.24) is 19.6 Å². The molecule has 0 aromatic carbocycles. The molecular weight excluding hydrogens is 304 g/mol. The van der Waals surface area contributed by atoms with Crippen molar-refractivity contribution in [3.05, 3.63) is 40.3 Å². The first kappa shape index (κ1) is 16.7. The topological polar surface area (TPSA) is 24.3 Å².